The third kappa shape index (κ3) is 17.1. The molecule has 4 aliphatic rings. The fourth-order valence-electron chi connectivity index (χ4n) is 15.7. The minimum absolute atomic E-state index is 0.271. The molecule has 4 aromatic carbocycles. The molecule has 122 heavy (non-hydrogen) atoms. The highest BCUT2D eigenvalue weighted by molar-refractivity contribution is 5.67. The first-order valence-corrected chi connectivity index (χ1v) is 40.6. The summed E-state index contributed by atoms with van der Waals surface area (Å²) in [5, 5.41) is 37.1. The summed E-state index contributed by atoms with van der Waals surface area (Å²) in [6.45, 7) is 11.8. The summed E-state index contributed by atoms with van der Waals surface area (Å²) >= 11 is 0. The lowest BCUT2D eigenvalue weighted by molar-refractivity contribution is 0.183. The van der Waals surface area contributed by atoms with Crippen LogP contribution in [0.2, 0.25) is 0 Å². The van der Waals surface area contributed by atoms with E-state index in [-0.39, 0.29) is 39.5 Å². The molecule has 4 atom stereocenters. The lowest BCUT2D eigenvalue weighted by atomic mass is 9.76. The van der Waals surface area contributed by atoms with E-state index < -0.39 is 0 Å². The maximum absolute atomic E-state index is 5.71. The number of nitrogen functional groups attached to an aromatic ring is 4. The van der Waals surface area contributed by atoms with Gasteiger partial charge in [0.05, 0.1) is 88.4 Å². The largest absolute Gasteiger partial charge is 0.384 e. The summed E-state index contributed by atoms with van der Waals surface area (Å²) in [7, 11) is 7.63. The maximum atomic E-state index is 5.71. The van der Waals surface area contributed by atoms with E-state index in [0.29, 0.717) is 89.5 Å². The molecule has 4 aliphatic carbocycles. The van der Waals surface area contributed by atoms with Crippen LogP contribution in [0.1, 0.15) is 125 Å². The van der Waals surface area contributed by atoms with Gasteiger partial charge in [0, 0.05) is 111 Å². The third-order valence-electron chi connectivity index (χ3n) is 24.0. The van der Waals surface area contributed by atoms with Crippen LogP contribution in [-0.2, 0) is 46.5 Å². The molecule has 4 fully saturated rings. The van der Waals surface area contributed by atoms with Crippen LogP contribution in [-0.4, -0.2) is 154 Å². The predicted octanol–water partition coefficient (Wildman–Crippen LogP) is 13.6. The number of hydrogen-bond acceptors (Lipinski definition) is 29. The van der Waals surface area contributed by atoms with Crippen LogP contribution in [0.15, 0.2) is 220 Å². The Morgan fingerprint density at radius 2 is 0.697 bits per heavy atom. The number of anilines is 4. The van der Waals surface area contributed by atoms with Crippen LogP contribution in [0.5, 0.6) is 0 Å². The monoisotopic (exact) mass is 1630 g/mol. The molecule has 33 heteroatoms. The minimum atomic E-state index is -0.321. The van der Waals surface area contributed by atoms with E-state index in [0.717, 1.165) is 137 Å². The standard InChI is InChI=1S/C24H28N8O.C24H26N6O2.C21H21N7O.C20H19N7O/c1-24(20-8-9-20,19-6-4-16(5-7-19)17-12-26-23(25)27-13-17)22-29-21(33-30-22)18-14-28-32(15-18)11-10-31(2)3;1-24(20-8-9-20,19-6-3-16(4-7-19)17-5-10-21(25)26-13-17)23-28-22(32-29-23)18-14-27-30(15-18)11-12-31-2;1-21(17-7-8-17,19-26-18(29-27-19)15-11-25-28(2)12-15)16-5-3-13(4-6-16)14-9-23-20(22)24-10-14;1-20(16-6-7-16,18-26-17(28-27-18)14-10-24-25-11-14)15-4-2-12(3-5-15)13-8-22-19(21)23-9-13/h4-7,12-15,20H,8-11H2,1-3H3,(H2,25,26,27);3-7,10,13-15,20H,8-9,11-12H2,1-2H3,(H2,25,26);3-6,9-12,17H,7-8H2,1-2H3,(H2,22,23,24);2-5,8-11,16H,6-7H2,1H3,(H,24,25)(H2,21,22,23)/t2*24-;21-;20-/m0000/s1. The number of nitrogens with one attached hydrogen (secondary N) is 1. The van der Waals surface area contributed by atoms with Crippen molar-refractivity contribution in [3.05, 3.63) is 248 Å². The molecule has 20 rings (SSSR count). The molecule has 0 amide bonds. The second-order valence-corrected chi connectivity index (χ2v) is 32.5. The third-order valence-corrected chi connectivity index (χ3v) is 24.0. The van der Waals surface area contributed by atoms with Gasteiger partial charge in [0.2, 0.25) is 17.8 Å². The number of ether oxygens (including phenoxy) is 1. The zero-order valence-electron chi connectivity index (χ0n) is 69.0. The van der Waals surface area contributed by atoms with E-state index in [1.807, 2.05) is 61.2 Å². The van der Waals surface area contributed by atoms with Crippen molar-refractivity contribution in [2.45, 2.75) is 114 Å². The summed E-state index contributed by atoms with van der Waals surface area (Å²) in [4.78, 5) is 49.8. The smallest absolute Gasteiger partial charge is 0.261 e. The maximum Gasteiger partial charge on any atom is 0.261 e. The highest BCUT2D eigenvalue weighted by atomic mass is 16.5. The van der Waals surface area contributed by atoms with Gasteiger partial charge >= 0.3 is 0 Å². The van der Waals surface area contributed by atoms with Crippen molar-refractivity contribution in [2.75, 3.05) is 57.3 Å². The summed E-state index contributed by atoms with van der Waals surface area (Å²) in [6, 6.07) is 37.6. The van der Waals surface area contributed by atoms with Crippen LogP contribution >= 0.6 is 0 Å². The number of pyridine rings is 1. The Hall–Kier alpha value is -14.2. The molecule has 620 valence electrons. The highest BCUT2D eigenvalue weighted by Crippen LogP contribution is 2.55. The van der Waals surface area contributed by atoms with Crippen molar-refractivity contribution >= 4 is 23.7 Å². The van der Waals surface area contributed by atoms with Crippen molar-refractivity contribution in [1.82, 2.24) is 120 Å². The first kappa shape index (κ1) is 80.2. The Kier molecular flexibility index (Phi) is 22.3. The molecular formula is C89H94N28O5. The van der Waals surface area contributed by atoms with Gasteiger partial charge in [-0.3, -0.25) is 19.1 Å². The first-order valence-electron chi connectivity index (χ1n) is 40.6. The average Bonchev–Trinajstić information content (AvgIpc) is 1.59. The van der Waals surface area contributed by atoms with Crippen LogP contribution in [0.3, 0.4) is 0 Å². The SMILES string of the molecule is CN(C)CCn1cc(-c2nc([C@@](C)(c3ccc(-c4cnc(N)nc4)cc3)C3CC3)no2)cn1.COCCn1cc(-c2nc([C@@](C)(c3ccc(-c4ccc(N)nc4)cc3)C3CC3)no2)cn1.C[C@@](c1ccc(-c2cnc(N)nc2)cc1)(c1noc(-c2cn[nH]c2)n1)C1CC1.Cn1cc(-c2nc([C@@](C)(c3ccc(-c4cnc(N)nc4)cc3)C3CC3)no2)cn1. The van der Waals surface area contributed by atoms with Crippen LogP contribution in [0.4, 0.5) is 23.7 Å². The summed E-state index contributed by atoms with van der Waals surface area (Å²) < 4.78 is 33.0. The van der Waals surface area contributed by atoms with Gasteiger partial charge in [0.25, 0.3) is 23.6 Å². The minimum Gasteiger partial charge on any atom is -0.384 e. The number of H-pyrrole nitrogens is 1. The predicted molar refractivity (Wildman–Crippen MR) is 456 cm³/mol. The number of nitrogens with two attached hydrogens (primary N) is 4. The van der Waals surface area contributed by atoms with Gasteiger partial charge in [0.1, 0.15) is 5.82 Å². The van der Waals surface area contributed by atoms with Gasteiger partial charge in [-0.2, -0.15) is 40.3 Å². The molecular weight excluding hydrogens is 1540 g/mol. The second kappa shape index (κ2) is 33.9. The van der Waals surface area contributed by atoms with E-state index in [1.165, 1.54) is 16.7 Å². The van der Waals surface area contributed by atoms with Gasteiger partial charge in [-0.15, -0.1) is 0 Å². The molecule has 0 saturated heterocycles. The van der Waals surface area contributed by atoms with Crippen molar-refractivity contribution in [3.8, 4) is 90.3 Å². The number of nitrogens with zero attached hydrogens (tertiary/aromatic N) is 23. The Bertz CT molecular complexity index is 6150. The van der Waals surface area contributed by atoms with E-state index in [1.54, 1.807) is 86.2 Å². The summed E-state index contributed by atoms with van der Waals surface area (Å²) in [5.74, 6) is 8.09. The number of aryl methyl sites for hydroxylation is 1. The average molecular weight is 1640 g/mol. The number of hydrogen-bond donors (Lipinski definition) is 5. The molecule has 4 saturated carbocycles. The molecule has 0 bridgehead atoms. The number of aromatic nitrogens is 23. The van der Waals surface area contributed by atoms with Crippen LogP contribution < -0.4 is 22.9 Å². The molecule has 12 aromatic heterocycles. The Labute approximate surface area is 702 Å². The molecule has 0 radical (unpaired) electrons. The molecule has 0 spiro atoms. The number of methoxy groups -OCH3 is 1. The zero-order valence-corrected chi connectivity index (χ0v) is 69.0. The Balaban J connectivity index is 0.000000116. The number of rotatable bonds is 26. The zero-order chi connectivity index (χ0) is 84.3. The number of benzene rings is 4. The fourth-order valence-corrected chi connectivity index (χ4v) is 15.7. The van der Waals surface area contributed by atoms with Crippen molar-refractivity contribution < 1.29 is 22.8 Å². The van der Waals surface area contributed by atoms with E-state index in [9.17, 15) is 0 Å². The van der Waals surface area contributed by atoms with Crippen LogP contribution in [0.25, 0.3) is 90.3 Å². The molecule has 33 nitrogen and oxygen atoms in total. The molecule has 0 aliphatic heterocycles. The van der Waals surface area contributed by atoms with Crippen LogP contribution in [0, 0.1) is 23.7 Å². The topological polar surface area (TPSA) is 445 Å². The molecule has 16 aromatic rings. The molecule has 12 heterocycles. The molecule has 9 N–H and O–H groups in total. The quantitative estimate of drug-likeness (QED) is 0.0336. The normalized spacial score (nSPS) is 15.8. The van der Waals surface area contributed by atoms with Gasteiger partial charge < -0.3 is 50.7 Å². The van der Waals surface area contributed by atoms with Gasteiger partial charge in [-0.1, -0.05) is 118 Å². The Morgan fingerprint density at radius 1 is 0.377 bits per heavy atom. The highest BCUT2D eigenvalue weighted by Gasteiger charge is 2.51. The number of aromatic amines is 1. The Morgan fingerprint density at radius 3 is 1.00 bits per heavy atom. The van der Waals surface area contributed by atoms with E-state index in [4.69, 9.17) is 60.7 Å². The first-order chi connectivity index (χ1) is 59.2. The van der Waals surface area contributed by atoms with Crippen molar-refractivity contribution in [3.63, 3.8) is 0 Å². The second-order valence-electron chi connectivity index (χ2n) is 32.5. The number of likely N-dealkylation sites (N-methyl/N-ethyl adjacent to an activating group) is 1. The van der Waals surface area contributed by atoms with Crippen molar-refractivity contribution in [2.24, 2.45) is 30.7 Å². The summed E-state index contributed by atoms with van der Waals surface area (Å²) in [5.41, 5.74) is 37.2. The lowest BCUT2D eigenvalue weighted by Gasteiger charge is -2.27. The fraction of sp³-hybridized carbons (Fsp3) is 0.315. The van der Waals surface area contributed by atoms with Gasteiger partial charge in [-0.25, -0.2) is 34.9 Å². The van der Waals surface area contributed by atoms with Crippen molar-refractivity contribution in [1.29, 1.82) is 0 Å². The summed E-state index contributed by atoms with van der Waals surface area (Å²) in [6.07, 6.45) is 35.8. The van der Waals surface area contributed by atoms with Gasteiger partial charge in [0.15, 0.2) is 23.3 Å². The van der Waals surface area contributed by atoms with E-state index >= 15 is 0 Å². The van der Waals surface area contributed by atoms with Gasteiger partial charge in [-0.05, 0) is 173 Å². The lowest BCUT2D eigenvalue weighted by Crippen LogP contribution is -2.28. The van der Waals surface area contributed by atoms with E-state index in [2.05, 4.69) is 216 Å². The molecule has 0 unspecified atom stereocenters.